The lowest BCUT2D eigenvalue weighted by Gasteiger charge is -2.10. The van der Waals surface area contributed by atoms with E-state index in [2.05, 4.69) is 20.3 Å². The van der Waals surface area contributed by atoms with Gasteiger partial charge in [0.25, 0.3) is 12.3 Å². The minimum atomic E-state index is -2.61. The Hall–Kier alpha value is -3.29. The molecule has 0 unspecified atom stereocenters. The van der Waals surface area contributed by atoms with Crippen LogP contribution in [0.1, 0.15) is 10.4 Å². The lowest BCUT2D eigenvalue weighted by Crippen LogP contribution is -2.14. The van der Waals surface area contributed by atoms with Gasteiger partial charge >= 0.3 is 0 Å². The number of aromatic amines is 1. The van der Waals surface area contributed by atoms with Crippen molar-refractivity contribution in [3.63, 3.8) is 0 Å². The molecular formula is C17H14F2N4O2. The Morgan fingerprint density at radius 1 is 1.20 bits per heavy atom. The summed E-state index contributed by atoms with van der Waals surface area (Å²) in [6.45, 7) is -0.778. The summed E-state index contributed by atoms with van der Waals surface area (Å²) in [6, 6.07) is 9.96. The van der Waals surface area contributed by atoms with Crippen molar-refractivity contribution in [2.45, 2.75) is 6.43 Å². The molecule has 25 heavy (non-hydrogen) atoms. The van der Waals surface area contributed by atoms with Crippen LogP contribution in [-0.4, -0.2) is 33.9 Å². The molecule has 0 bridgehead atoms. The molecule has 0 atom stereocenters. The molecule has 2 N–H and O–H groups in total. The van der Waals surface area contributed by atoms with Gasteiger partial charge in [-0.3, -0.25) is 4.79 Å². The molecule has 128 valence electrons. The molecule has 1 aromatic carbocycles. The Labute approximate surface area is 141 Å². The predicted octanol–water partition coefficient (Wildman–Crippen LogP) is 3.37. The van der Waals surface area contributed by atoms with Crippen LogP contribution in [0.4, 0.5) is 14.5 Å². The molecule has 2 aromatic heterocycles. The first-order valence-corrected chi connectivity index (χ1v) is 7.40. The molecule has 6 nitrogen and oxygen atoms in total. The minimum absolute atomic E-state index is 0.0349. The van der Waals surface area contributed by atoms with Gasteiger partial charge in [-0.1, -0.05) is 12.1 Å². The van der Waals surface area contributed by atoms with Crippen LogP contribution in [0.25, 0.3) is 11.4 Å². The first-order chi connectivity index (χ1) is 12.1. The molecule has 0 aliphatic carbocycles. The number of alkyl halides is 2. The monoisotopic (exact) mass is 344 g/mol. The molecule has 2 heterocycles. The maximum atomic E-state index is 12.5. The first kappa shape index (κ1) is 16.6. The van der Waals surface area contributed by atoms with Gasteiger partial charge in [0, 0.05) is 35.8 Å². The average molecular weight is 344 g/mol. The average Bonchev–Trinajstić information content (AvgIpc) is 3.15. The summed E-state index contributed by atoms with van der Waals surface area (Å²) in [7, 11) is 0. The number of hydrogen-bond acceptors (Lipinski definition) is 4. The van der Waals surface area contributed by atoms with E-state index < -0.39 is 18.9 Å². The zero-order valence-corrected chi connectivity index (χ0v) is 12.9. The fraction of sp³-hybridized carbons (Fsp3) is 0.118. The van der Waals surface area contributed by atoms with Crippen LogP contribution in [0, 0.1) is 0 Å². The van der Waals surface area contributed by atoms with E-state index in [-0.39, 0.29) is 11.4 Å². The van der Waals surface area contributed by atoms with Crippen molar-refractivity contribution in [3.05, 3.63) is 60.6 Å². The van der Waals surface area contributed by atoms with Crippen molar-refractivity contribution >= 4 is 11.6 Å². The van der Waals surface area contributed by atoms with E-state index in [0.29, 0.717) is 11.5 Å². The number of carbonyl (C=O) groups excluding carboxylic acids is 1. The third-order valence-electron chi connectivity index (χ3n) is 3.28. The van der Waals surface area contributed by atoms with Crippen molar-refractivity contribution in [2.24, 2.45) is 0 Å². The van der Waals surface area contributed by atoms with Gasteiger partial charge in [0.05, 0.1) is 5.69 Å². The van der Waals surface area contributed by atoms with Crippen LogP contribution < -0.4 is 10.1 Å². The maximum absolute atomic E-state index is 12.5. The smallest absolute Gasteiger partial charge is 0.272 e. The predicted molar refractivity (Wildman–Crippen MR) is 87.7 cm³/mol. The molecule has 3 aromatic rings. The SMILES string of the molecule is O=C(Nc1ccccc1-c1ncc[nH]1)c1ccnc(OCC(F)F)c1. The molecule has 3 rings (SSSR count). The fourth-order valence-electron chi connectivity index (χ4n) is 2.18. The van der Waals surface area contributed by atoms with E-state index in [1.54, 1.807) is 24.5 Å². The van der Waals surface area contributed by atoms with Gasteiger partial charge < -0.3 is 15.0 Å². The molecule has 0 aliphatic rings. The van der Waals surface area contributed by atoms with Crippen molar-refractivity contribution in [1.29, 1.82) is 0 Å². The summed E-state index contributed by atoms with van der Waals surface area (Å²) in [5.74, 6) is 0.169. The molecule has 0 radical (unpaired) electrons. The maximum Gasteiger partial charge on any atom is 0.272 e. The van der Waals surface area contributed by atoms with Crippen molar-refractivity contribution in [3.8, 4) is 17.3 Å². The summed E-state index contributed by atoms with van der Waals surface area (Å²) in [4.78, 5) is 23.4. The van der Waals surface area contributed by atoms with Crippen LogP contribution in [0.15, 0.2) is 55.0 Å². The Morgan fingerprint density at radius 3 is 2.80 bits per heavy atom. The molecule has 0 saturated carbocycles. The number of aromatic nitrogens is 3. The molecule has 0 aliphatic heterocycles. The Morgan fingerprint density at radius 2 is 2.04 bits per heavy atom. The molecule has 8 heteroatoms. The van der Waals surface area contributed by atoms with Gasteiger partial charge in [-0.25, -0.2) is 18.7 Å². The number of ether oxygens (including phenoxy) is 1. The third-order valence-corrected chi connectivity index (χ3v) is 3.28. The second kappa shape index (κ2) is 7.52. The van der Waals surface area contributed by atoms with Crippen LogP contribution in [0.3, 0.4) is 0 Å². The van der Waals surface area contributed by atoms with E-state index in [1.807, 2.05) is 12.1 Å². The Bertz CT molecular complexity index is 853. The molecule has 0 spiro atoms. The summed E-state index contributed by atoms with van der Waals surface area (Å²) >= 11 is 0. The van der Waals surface area contributed by atoms with Crippen molar-refractivity contribution in [1.82, 2.24) is 15.0 Å². The second-order valence-corrected chi connectivity index (χ2v) is 5.02. The van der Waals surface area contributed by atoms with Gasteiger partial charge in [0.1, 0.15) is 5.82 Å². The van der Waals surface area contributed by atoms with Gasteiger partial charge in [-0.2, -0.15) is 0 Å². The Kier molecular flexibility index (Phi) is 4.98. The molecule has 0 saturated heterocycles. The fourth-order valence-corrected chi connectivity index (χ4v) is 2.18. The zero-order valence-electron chi connectivity index (χ0n) is 12.9. The number of hydrogen-bond donors (Lipinski definition) is 2. The lowest BCUT2D eigenvalue weighted by atomic mass is 10.1. The number of benzene rings is 1. The first-order valence-electron chi connectivity index (χ1n) is 7.40. The highest BCUT2D eigenvalue weighted by Gasteiger charge is 2.13. The van der Waals surface area contributed by atoms with Gasteiger partial charge in [-0.05, 0) is 18.2 Å². The number of H-pyrrole nitrogens is 1. The summed E-state index contributed by atoms with van der Waals surface area (Å²) in [5.41, 5.74) is 1.53. The second-order valence-electron chi connectivity index (χ2n) is 5.02. The number of pyridine rings is 1. The third kappa shape index (κ3) is 4.17. The molecule has 0 fully saturated rings. The van der Waals surface area contributed by atoms with Crippen molar-refractivity contribution < 1.29 is 18.3 Å². The van der Waals surface area contributed by atoms with E-state index >= 15 is 0 Å². The summed E-state index contributed by atoms with van der Waals surface area (Å²) in [6.07, 6.45) is 2.01. The van der Waals surface area contributed by atoms with Crippen LogP contribution >= 0.6 is 0 Å². The Balaban J connectivity index is 1.78. The van der Waals surface area contributed by atoms with Crippen molar-refractivity contribution in [2.75, 3.05) is 11.9 Å². The largest absolute Gasteiger partial charge is 0.472 e. The quantitative estimate of drug-likeness (QED) is 0.718. The van der Waals surface area contributed by atoms with E-state index in [0.717, 1.165) is 5.56 Å². The van der Waals surface area contributed by atoms with Gasteiger partial charge in [0.15, 0.2) is 6.61 Å². The van der Waals surface area contributed by atoms with Gasteiger partial charge in [-0.15, -0.1) is 0 Å². The normalized spacial score (nSPS) is 10.7. The standard InChI is InChI=1S/C17H14F2N4O2/c18-14(19)10-25-15-9-11(5-6-20-15)17(24)23-13-4-2-1-3-12(13)16-21-7-8-22-16/h1-9,14H,10H2,(H,21,22)(H,23,24). The summed E-state index contributed by atoms with van der Waals surface area (Å²) < 4.78 is 29.2. The highest BCUT2D eigenvalue weighted by molar-refractivity contribution is 6.06. The van der Waals surface area contributed by atoms with E-state index in [4.69, 9.17) is 4.74 Å². The summed E-state index contributed by atoms with van der Waals surface area (Å²) in [5, 5.41) is 2.78. The number of amides is 1. The number of nitrogens with zero attached hydrogens (tertiary/aromatic N) is 2. The van der Waals surface area contributed by atoms with E-state index in [1.165, 1.54) is 18.3 Å². The van der Waals surface area contributed by atoms with Crippen LogP contribution in [0.2, 0.25) is 0 Å². The number of rotatable bonds is 6. The topological polar surface area (TPSA) is 79.9 Å². The number of halogens is 2. The highest BCUT2D eigenvalue weighted by atomic mass is 19.3. The van der Waals surface area contributed by atoms with Crippen LogP contribution in [0.5, 0.6) is 5.88 Å². The molecular weight excluding hydrogens is 330 g/mol. The minimum Gasteiger partial charge on any atom is -0.472 e. The van der Waals surface area contributed by atoms with Gasteiger partial charge in [0.2, 0.25) is 5.88 Å². The number of imidazole rings is 1. The number of carbonyl (C=O) groups is 1. The molecule has 1 amide bonds. The lowest BCUT2D eigenvalue weighted by molar-refractivity contribution is 0.0795. The number of nitrogens with one attached hydrogen (secondary N) is 2. The number of anilines is 1. The number of para-hydroxylation sites is 1. The zero-order chi connectivity index (χ0) is 17.6. The van der Waals surface area contributed by atoms with Crippen LogP contribution in [-0.2, 0) is 0 Å². The van der Waals surface area contributed by atoms with E-state index in [9.17, 15) is 13.6 Å². The highest BCUT2D eigenvalue weighted by Crippen LogP contribution is 2.25.